The maximum Gasteiger partial charge on any atom is 0.310 e. The monoisotopic (exact) mass is 353 g/mol. The maximum absolute atomic E-state index is 12.8. The molecule has 26 heavy (non-hydrogen) atoms. The van der Waals surface area contributed by atoms with Gasteiger partial charge in [-0.1, -0.05) is 67.1 Å². The molecule has 0 saturated carbocycles. The summed E-state index contributed by atoms with van der Waals surface area (Å²) >= 11 is 0. The van der Waals surface area contributed by atoms with E-state index in [1.54, 1.807) is 11.8 Å². The van der Waals surface area contributed by atoms with Crippen molar-refractivity contribution in [2.45, 2.75) is 33.2 Å². The van der Waals surface area contributed by atoms with Crippen LogP contribution in [0.25, 0.3) is 0 Å². The zero-order chi connectivity index (χ0) is 18.9. The SMILES string of the molecule is COC(=O)C(C)CN(Cc1ccccc1)C(=O)CCc1ccc(C)cc1. The van der Waals surface area contributed by atoms with E-state index in [1.807, 2.05) is 37.3 Å². The van der Waals surface area contributed by atoms with Crippen LogP contribution < -0.4 is 0 Å². The van der Waals surface area contributed by atoms with Crippen LogP contribution in [0.4, 0.5) is 0 Å². The standard InChI is InChI=1S/C22H27NO3/c1-17-9-11-19(12-10-17)13-14-21(24)23(15-18(2)22(25)26-3)16-20-7-5-4-6-8-20/h4-12,18H,13-16H2,1-3H3. The topological polar surface area (TPSA) is 46.6 Å². The molecule has 0 aliphatic carbocycles. The number of esters is 1. The molecule has 0 spiro atoms. The summed E-state index contributed by atoms with van der Waals surface area (Å²) < 4.78 is 4.81. The number of ether oxygens (including phenoxy) is 1. The molecule has 0 aliphatic heterocycles. The summed E-state index contributed by atoms with van der Waals surface area (Å²) in [5.41, 5.74) is 3.40. The lowest BCUT2D eigenvalue weighted by atomic mass is 10.1. The van der Waals surface area contributed by atoms with Crippen LogP contribution in [0.2, 0.25) is 0 Å². The van der Waals surface area contributed by atoms with Gasteiger partial charge in [0.15, 0.2) is 0 Å². The second kappa shape index (κ2) is 9.76. The number of hydrogen-bond donors (Lipinski definition) is 0. The smallest absolute Gasteiger partial charge is 0.310 e. The first-order valence-electron chi connectivity index (χ1n) is 8.94. The second-order valence-electron chi connectivity index (χ2n) is 6.67. The van der Waals surface area contributed by atoms with E-state index in [0.29, 0.717) is 25.9 Å². The predicted molar refractivity (Wildman–Crippen MR) is 103 cm³/mol. The van der Waals surface area contributed by atoms with E-state index in [4.69, 9.17) is 4.74 Å². The first kappa shape index (κ1) is 19.7. The van der Waals surface area contributed by atoms with Gasteiger partial charge in [0, 0.05) is 19.5 Å². The molecule has 2 aromatic carbocycles. The molecule has 4 heteroatoms. The highest BCUT2D eigenvalue weighted by Gasteiger charge is 2.21. The number of carbonyl (C=O) groups excluding carboxylic acids is 2. The van der Waals surface area contributed by atoms with E-state index < -0.39 is 0 Å². The molecule has 2 aromatic rings. The third kappa shape index (κ3) is 6.03. The number of aryl methyl sites for hydroxylation is 2. The van der Waals surface area contributed by atoms with Crippen molar-refractivity contribution in [3.8, 4) is 0 Å². The van der Waals surface area contributed by atoms with E-state index >= 15 is 0 Å². The van der Waals surface area contributed by atoms with Gasteiger partial charge in [0.1, 0.15) is 0 Å². The van der Waals surface area contributed by atoms with E-state index in [1.165, 1.54) is 12.7 Å². The van der Waals surface area contributed by atoms with E-state index in [-0.39, 0.29) is 17.8 Å². The molecule has 4 nitrogen and oxygen atoms in total. The molecule has 1 unspecified atom stereocenters. The molecule has 1 amide bonds. The molecule has 0 aliphatic rings. The van der Waals surface area contributed by atoms with Crippen LogP contribution in [0.1, 0.15) is 30.0 Å². The van der Waals surface area contributed by atoms with Gasteiger partial charge in [0.2, 0.25) is 5.91 Å². The number of nitrogens with zero attached hydrogens (tertiary/aromatic N) is 1. The number of carbonyl (C=O) groups is 2. The van der Waals surface area contributed by atoms with Crippen LogP contribution in [-0.2, 0) is 27.3 Å². The lowest BCUT2D eigenvalue weighted by molar-refractivity contribution is -0.146. The molecule has 0 radical (unpaired) electrons. The fraction of sp³-hybridized carbons (Fsp3) is 0.364. The van der Waals surface area contributed by atoms with Gasteiger partial charge < -0.3 is 9.64 Å². The highest BCUT2D eigenvalue weighted by molar-refractivity contribution is 5.78. The second-order valence-corrected chi connectivity index (χ2v) is 6.67. The Labute approximate surface area is 155 Å². The Hall–Kier alpha value is -2.62. The Bertz CT molecular complexity index is 710. The third-order valence-electron chi connectivity index (χ3n) is 4.41. The zero-order valence-electron chi connectivity index (χ0n) is 15.8. The number of amides is 1. The van der Waals surface area contributed by atoms with Gasteiger partial charge >= 0.3 is 5.97 Å². The third-order valence-corrected chi connectivity index (χ3v) is 4.41. The summed E-state index contributed by atoms with van der Waals surface area (Å²) in [5, 5.41) is 0. The van der Waals surface area contributed by atoms with E-state index in [9.17, 15) is 9.59 Å². The number of methoxy groups -OCH3 is 1. The van der Waals surface area contributed by atoms with Gasteiger partial charge in [0.25, 0.3) is 0 Å². The Morgan fingerprint density at radius 1 is 1.00 bits per heavy atom. The minimum absolute atomic E-state index is 0.0465. The van der Waals surface area contributed by atoms with Crippen molar-refractivity contribution in [3.63, 3.8) is 0 Å². The molecule has 0 fully saturated rings. The zero-order valence-corrected chi connectivity index (χ0v) is 15.8. The minimum Gasteiger partial charge on any atom is -0.469 e. The molecule has 0 N–H and O–H groups in total. The van der Waals surface area contributed by atoms with Crippen LogP contribution in [0.5, 0.6) is 0 Å². The van der Waals surface area contributed by atoms with Crippen molar-refractivity contribution in [3.05, 3.63) is 71.3 Å². The molecule has 1 atom stereocenters. The number of rotatable bonds is 8. The normalized spacial score (nSPS) is 11.7. The Balaban J connectivity index is 2.04. The highest BCUT2D eigenvalue weighted by Crippen LogP contribution is 2.13. The summed E-state index contributed by atoms with van der Waals surface area (Å²) in [6.07, 6.45) is 1.11. The van der Waals surface area contributed by atoms with Gasteiger partial charge in [-0.25, -0.2) is 0 Å². The van der Waals surface area contributed by atoms with Gasteiger partial charge in [0.05, 0.1) is 13.0 Å². The van der Waals surface area contributed by atoms with Crippen molar-refractivity contribution in [2.24, 2.45) is 5.92 Å². The Morgan fingerprint density at radius 3 is 2.27 bits per heavy atom. The van der Waals surface area contributed by atoms with Crippen LogP contribution in [0.15, 0.2) is 54.6 Å². The Morgan fingerprint density at radius 2 is 1.65 bits per heavy atom. The lowest BCUT2D eigenvalue weighted by Gasteiger charge is -2.25. The summed E-state index contributed by atoms with van der Waals surface area (Å²) in [5.74, 6) is -0.605. The summed E-state index contributed by atoms with van der Waals surface area (Å²) in [7, 11) is 1.37. The summed E-state index contributed by atoms with van der Waals surface area (Å²) in [4.78, 5) is 26.3. The fourth-order valence-corrected chi connectivity index (χ4v) is 2.83. The highest BCUT2D eigenvalue weighted by atomic mass is 16.5. The quantitative estimate of drug-likeness (QED) is 0.679. The summed E-state index contributed by atoms with van der Waals surface area (Å²) in [6.45, 7) is 4.69. The fourth-order valence-electron chi connectivity index (χ4n) is 2.83. The van der Waals surface area contributed by atoms with Crippen molar-refractivity contribution < 1.29 is 14.3 Å². The molecule has 0 aromatic heterocycles. The average Bonchev–Trinajstić information content (AvgIpc) is 2.66. The van der Waals surface area contributed by atoms with Gasteiger partial charge in [-0.3, -0.25) is 9.59 Å². The first-order valence-corrected chi connectivity index (χ1v) is 8.94. The molecule has 0 bridgehead atoms. The molecular weight excluding hydrogens is 326 g/mol. The molecular formula is C22H27NO3. The summed E-state index contributed by atoms with van der Waals surface area (Å²) in [6, 6.07) is 18.1. The van der Waals surface area contributed by atoms with Crippen LogP contribution in [0, 0.1) is 12.8 Å². The largest absolute Gasteiger partial charge is 0.469 e. The van der Waals surface area contributed by atoms with Crippen LogP contribution in [-0.4, -0.2) is 30.4 Å². The van der Waals surface area contributed by atoms with Crippen molar-refractivity contribution >= 4 is 11.9 Å². The molecule has 0 saturated heterocycles. The molecule has 0 heterocycles. The van der Waals surface area contributed by atoms with Gasteiger partial charge in [-0.2, -0.15) is 0 Å². The van der Waals surface area contributed by atoms with Crippen LogP contribution >= 0.6 is 0 Å². The first-order chi connectivity index (χ1) is 12.5. The Kier molecular flexibility index (Phi) is 7.39. The van der Waals surface area contributed by atoms with Gasteiger partial charge in [-0.15, -0.1) is 0 Å². The average molecular weight is 353 g/mol. The minimum atomic E-state index is -0.355. The molecule has 2 rings (SSSR count). The number of benzene rings is 2. The predicted octanol–water partition coefficient (Wildman–Crippen LogP) is 3.77. The maximum atomic E-state index is 12.8. The van der Waals surface area contributed by atoms with E-state index in [0.717, 1.165) is 11.1 Å². The molecule has 138 valence electrons. The van der Waals surface area contributed by atoms with Crippen LogP contribution in [0.3, 0.4) is 0 Å². The van der Waals surface area contributed by atoms with Crippen molar-refractivity contribution in [2.75, 3.05) is 13.7 Å². The van der Waals surface area contributed by atoms with Crippen molar-refractivity contribution in [1.29, 1.82) is 0 Å². The van der Waals surface area contributed by atoms with Gasteiger partial charge in [-0.05, 0) is 24.5 Å². The number of hydrogen-bond acceptors (Lipinski definition) is 3. The van der Waals surface area contributed by atoms with Crippen molar-refractivity contribution in [1.82, 2.24) is 4.90 Å². The lowest BCUT2D eigenvalue weighted by Crippen LogP contribution is -2.37. The van der Waals surface area contributed by atoms with E-state index in [2.05, 4.69) is 24.3 Å².